The van der Waals surface area contributed by atoms with Crippen LogP contribution in [0.15, 0.2) is 55.1 Å². The van der Waals surface area contributed by atoms with Crippen molar-refractivity contribution in [1.82, 2.24) is 29.8 Å². The van der Waals surface area contributed by atoms with Gasteiger partial charge in [0.15, 0.2) is 0 Å². The number of aryl methyl sites for hydroxylation is 1. The van der Waals surface area contributed by atoms with Crippen LogP contribution in [-0.4, -0.2) is 35.4 Å². The molecule has 3 aromatic heterocycles. The maximum Gasteiger partial charge on any atom is 0.243 e. The highest BCUT2D eigenvalue weighted by atomic mass is 19.1. The van der Waals surface area contributed by atoms with Gasteiger partial charge < -0.3 is 9.88 Å². The lowest BCUT2D eigenvalue weighted by molar-refractivity contribution is -0.129. The van der Waals surface area contributed by atoms with Gasteiger partial charge in [0.1, 0.15) is 11.5 Å². The number of nitrogens with one attached hydrogen (secondary N) is 2. The maximum absolute atomic E-state index is 13.2. The van der Waals surface area contributed by atoms with Crippen LogP contribution < -0.4 is 10.8 Å². The Balaban J connectivity index is 1.35. The van der Waals surface area contributed by atoms with Crippen LogP contribution in [0, 0.1) is 5.82 Å². The molecule has 32 heavy (non-hydrogen) atoms. The minimum absolute atomic E-state index is 0.284. The van der Waals surface area contributed by atoms with Crippen molar-refractivity contribution in [1.29, 1.82) is 0 Å². The number of benzene rings is 1. The lowest BCUT2D eigenvalue weighted by Gasteiger charge is -2.06. The molecule has 0 aliphatic heterocycles. The van der Waals surface area contributed by atoms with Gasteiger partial charge in [0, 0.05) is 42.6 Å². The Morgan fingerprint density at radius 3 is 2.69 bits per heavy atom. The summed E-state index contributed by atoms with van der Waals surface area (Å²) < 4.78 is 17.0. The van der Waals surface area contributed by atoms with Crippen LogP contribution in [0.4, 0.5) is 16.0 Å². The molecular formula is C22H24FN7O2. The molecule has 0 saturated heterocycles. The lowest BCUT2D eigenvalue weighted by atomic mass is 10.1. The van der Waals surface area contributed by atoms with Crippen LogP contribution in [0.25, 0.3) is 16.7 Å². The first-order valence-corrected chi connectivity index (χ1v) is 10.4. The van der Waals surface area contributed by atoms with Crippen LogP contribution in [0.2, 0.25) is 0 Å². The first kappa shape index (κ1) is 21.4. The molecule has 0 aliphatic carbocycles. The molecule has 4 rings (SSSR count). The summed E-state index contributed by atoms with van der Waals surface area (Å²) in [6.45, 7) is 0.765. The number of fused-ring (bicyclic) bond motifs is 1. The van der Waals surface area contributed by atoms with Gasteiger partial charge in [-0.2, -0.15) is 10.1 Å². The first-order valence-electron chi connectivity index (χ1n) is 10.4. The molecule has 0 spiro atoms. The number of carbonyl (C=O) groups is 1. The summed E-state index contributed by atoms with van der Waals surface area (Å²) in [5.41, 5.74) is 3.96. The van der Waals surface area contributed by atoms with Gasteiger partial charge >= 0.3 is 0 Å². The number of amides is 1. The minimum Gasteiger partial charge on any atom is -0.321 e. The second-order valence-corrected chi connectivity index (χ2v) is 7.45. The fraction of sp³-hybridized carbons (Fsp3) is 0.273. The number of aromatic nitrogens is 5. The van der Waals surface area contributed by atoms with Crippen molar-refractivity contribution in [3.8, 4) is 5.69 Å². The van der Waals surface area contributed by atoms with E-state index in [2.05, 4.69) is 20.4 Å². The van der Waals surface area contributed by atoms with E-state index in [9.17, 15) is 9.18 Å². The zero-order chi connectivity index (χ0) is 22.3. The van der Waals surface area contributed by atoms with Crippen LogP contribution in [0.5, 0.6) is 0 Å². The second kappa shape index (κ2) is 10.0. The highest BCUT2D eigenvalue weighted by Gasteiger charge is 2.08. The molecule has 0 saturated carbocycles. The summed E-state index contributed by atoms with van der Waals surface area (Å²) in [6.07, 6.45) is 11.2. The molecule has 1 aromatic carbocycles. The Labute approximate surface area is 183 Å². The number of anilines is 2. The van der Waals surface area contributed by atoms with E-state index in [1.165, 1.54) is 12.1 Å². The van der Waals surface area contributed by atoms with Crippen LogP contribution in [-0.2, 0) is 11.3 Å². The van der Waals surface area contributed by atoms with E-state index < -0.39 is 0 Å². The van der Waals surface area contributed by atoms with E-state index in [-0.39, 0.29) is 11.7 Å². The number of halogens is 1. The number of unbranched alkanes of at least 4 members (excludes halogenated alkanes) is 3. The fourth-order valence-electron chi connectivity index (χ4n) is 3.44. The van der Waals surface area contributed by atoms with Crippen molar-refractivity contribution in [3.63, 3.8) is 0 Å². The summed E-state index contributed by atoms with van der Waals surface area (Å²) in [4.78, 5) is 20.0. The minimum atomic E-state index is -0.349. The Morgan fingerprint density at radius 1 is 1.06 bits per heavy atom. The highest BCUT2D eigenvalue weighted by Crippen LogP contribution is 2.21. The molecule has 3 heterocycles. The third-order valence-electron chi connectivity index (χ3n) is 5.09. The van der Waals surface area contributed by atoms with Crippen molar-refractivity contribution in [3.05, 3.63) is 60.9 Å². The normalized spacial score (nSPS) is 11.1. The van der Waals surface area contributed by atoms with Gasteiger partial charge in [0.25, 0.3) is 0 Å². The monoisotopic (exact) mass is 437 g/mol. The van der Waals surface area contributed by atoms with Crippen LogP contribution in [0.1, 0.15) is 32.1 Å². The molecule has 1 amide bonds. The molecule has 0 radical (unpaired) electrons. The summed E-state index contributed by atoms with van der Waals surface area (Å²) >= 11 is 0. The van der Waals surface area contributed by atoms with Gasteiger partial charge in [-0.25, -0.2) is 14.9 Å². The zero-order valence-electron chi connectivity index (χ0n) is 17.4. The SMILES string of the molecule is O=C(CCCCCCn1cc(Nc2ncc3ccn(-c4ccc(F)cc4)c3n2)cn1)NO. The predicted octanol–water partition coefficient (Wildman–Crippen LogP) is 3.96. The number of hydrogen-bond acceptors (Lipinski definition) is 6. The third-order valence-corrected chi connectivity index (χ3v) is 5.09. The number of rotatable bonds is 10. The maximum atomic E-state index is 13.2. The standard InChI is InChI=1S/C22H24FN7O2/c23-17-6-8-19(9-7-17)30-12-10-16-13-24-22(27-21(16)30)26-18-14-25-29(15-18)11-4-2-1-3-5-20(31)28-32/h6-10,12-15,32H,1-5,11H2,(H,28,31)(H,24,26,27). The summed E-state index contributed by atoms with van der Waals surface area (Å²) in [5.74, 6) is -0.187. The molecule has 0 unspecified atom stereocenters. The lowest BCUT2D eigenvalue weighted by Crippen LogP contribution is -2.17. The number of nitrogens with zero attached hydrogens (tertiary/aromatic N) is 5. The zero-order valence-corrected chi connectivity index (χ0v) is 17.4. The van der Waals surface area contributed by atoms with Gasteiger partial charge in [0.2, 0.25) is 11.9 Å². The Morgan fingerprint density at radius 2 is 1.88 bits per heavy atom. The van der Waals surface area contributed by atoms with Crippen molar-refractivity contribution in [2.75, 3.05) is 5.32 Å². The summed E-state index contributed by atoms with van der Waals surface area (Å²) in [7, 11) is 0. The first-order chi connectivity index (χ1) is 15.6. The molecule has 3 N–H and O–H groups in total. The Kier molecular flexibility index (Phi) is 6.71. The van der Waals surface area contributed by atoms with E-state index in [0.717, 1.165) is 54.6 Å². The van der Waals surface area contributed by atoms with E-state index in [1.807, 2.05) is 27.7 Å². The van der Waals surface area contributed by atoms with Crippen molar-refractivity contribution < 1.29 is 14.4 Å². The number of hydrogen-bond donors (Lipinski definition) is 3. The smallest absolute Gasteiger partial charge is 0.243 e. The van der Waals surface area contributed by atoms with E-state index >= 15 is 0 Å². The molecule has 0 atom stereocenters. The van der Waals surface area contributed by atoms with Crippen LogP contribution >= 0.6 is 0 Å². The predicted molar refractivity (Wildman–Crippen MR) is 117 cm³/mol. The molecule has 9 nitrogen and oxygen atoms in total. The molecule has 0 bridgehead atoms. The number of hydroxylamine groups is 1. The molecule has 10 heteroatoms. The van der Waals surface area contributed by atoms with E-state index in [1.54, 1.807) is 30.0 Å². The van der Waals surface area contributed by atoms with Crippen molar-refractivity contribution in [2.45, 2.75) is 38.6 Å². The van der Waals surface area contributed by atoms with E-state index in [0.29, 0.717) is 12.4 Å². The van der Waals surface area contributed by atoms with Gasteiger partial charge in [-0.15, -0.1) is 0 Å². The topological polar surface area (TPSA) is 110 Å². The highest BCUT2D eigenvalue weighted by molar-refractivity contribution is 5.78. The molecular weight excluding hydrogens is 413 g/mol. The van der Waals surface area contributed by atoms with Crippen molar-refractivity contribution >= 4 is 28.6 Å². The Hall–Kier alpha value is -3.79. The third kappa shape index (κ3) is 5.27. The average molecular weight is 437 g/mol. The summed E-state index contributed by atoms with van der Waals surface area (Å²) in [6, 6.07) is 8.16. The van der Waals surface area contributed by atoms with E-state index in [4.69, 9.17) is 5.21 Å². The quantitative estimate of drug-likeness (QED) is 0.197. The largest absolute Gasteiger partial charge is 0.321 e. The van der Waals surface area contributed by atoms with Crippen LogP contribution in [0.3, 0.4) is 0 Å². The second-order valence-electron chi connectivity index (χ2n) is 7.45. The van der Waals surface area contributed by atoms with Gasteiger partial charge in [0.05, 0.1) is 11.9 Å². The van der Waals surface area contributed by atoms with Gasteiger partial charge in [-0.3, -0.25) is 14.7 Å². The molecule has 0 aliphatic rings. The Bertz CT molecular complexity index is 1190. The number of carbonyl (C=O) groups excluding carboxylic acids is 1. The molecule has 0 fully saturated rings. The fourth-order valence-corrected chi connectivity index (χ4v) is 3.44. The molecule has 166 valence electrons. The van der Waals surface area contributed by atoms with Gasteiger partial charge in [-0.1, -0.05) is 12.8 Å². The average Bonchev–Trinajstić information content (AvgIpc) is 3.43. The molecule has 4 aromatic rings. The van der Waals surface area contributed by atoms with Gasteiger partial charge in [-0.05, 0) is 43.2 Å². The van der Waals surface area contributed by atoms with Crippen molar-refractivity contribution in [2.24, 2.45) is 0 Å². The summed E-state index contributed by atoms with van der Waals surface area (Å²) in [5, 5.41) is 16.9.